The molecule has 1 aliphatic rings. The highest BCUT2D eigenvalue weighted by molar-refractivity contribution is 5.80. The van der Waals surface area contributed by atoms with Gasteiger partial charge in [-0.25, -0.2) is 0 Å². The van der Waals surface area contributed by atoms with Gasteiger partial charge in [0.05, 0.1) is 13.2 Å². The zero-order valence-electron chi connectivity index (χ0n) is 10.4. The molecule has 0 bridgehead atoms. The van der Waals surface area contributed by atoms with Crippen LogP contribution < -0.4 is 0 Å². The summed E-state index contributed by atoms with van der Waals surface area (Å²) in [5.74, 6) is 0.709. The van der Waals surface area contributed by atoms with Crippen LogP contribution in [0.25, 0.3) is 10.9 Å². The van der Waals surface area contributed by atoms with Crippen LogP contribution in [0.2, 0.25) is 0 Å². The van der Waals surface area contributed by atoms with E-state index in [4.69, 9.17) is 4.74 Å². The number of hydrogen-bond donors (Lipinski definition) is 0. The van der Waals surface area contributed by atoms with Gasteiger partial charge < -0.3 is 9.30 Å². The predicted octanol–water partition coefficient (Wildman–Crippen LogP) is 3.24. The molecule has 2 heterocycles. The van der Waals surface area contributed by atoms with Crippen molar-refractivity contribution in [2.75, 3.05) is 13.2 Å². The second-order valence-corrected chi connectivity index (χ2v) is 5.01. The molecule has 1 fully saturated rings. The van der Waals surface area contributed by atoms with Crippen LogP contribution in [0, 0.1) is 5.92 Å². The summed E-state index contributed by atoms with van der Waals surface area (Å²) in [7, 11) is 0. The van der Waals surface area contributed by atoms with Gasteiger partial charge in [-0.05, 0) is 29.5 Å². The van der Waals surface area contributed by atoms with Gasteiger partial charge in [-0.15, -0.1) is 0 Å². The van der Waals surface area contributed by atoms with E-state index in [-0.39, 0.29) is 0 Å². The van der Waals surface area contributed by atoms with Gasteiger partial charge in [-0.3, -0.25) is 0 Å². The first kappa shape index (κ1) is 10.8. The highest BCUT2D eigenvalue weighted by atomic mass is 16.5. The first-order valence-electron chi connectivity index (χ1n) is 6.52. The Hall–Kier alpha value is -1.28. The lowest BCUT2D eigenvalue weighted by atomic mass is 10.1. The van der Waals surface area contributed by atoms with Crippen molar-refractivity contribution in [1.29, 1.82) is 0 Å². The molecule has 0 spiro atoms. The van der Waals surface area contributed by atoms with Gasteiger partial charge in [0.15, 0.2) is 0 Å². The van der Waals surface area contributed by atoms with Gasteiger partial charge in [-0.2, -0.15) is 0 Å². The van der Waals surface area contributed by atoms with E-state index in [1.54, 1.807) is 0 Å². The van der Waals surface area contributed by atoms with Crippen molar-refractivity contribution in [3.63, 3.8) is 0 Å². The summed E-state index contributed by atoms with van der Waals surface area (Å²) in [6.07, 6.45) is 4.59. The molecule has 0 radical (unpaired) electrons. The Morgan fingerprint density at radius 3 is 2.88 bits per heavy atom. The lowest BCUT2D eigenvalue weighted by molar-refractivity contribution is -0.0388. The maximum Gasteiger partial charge on any atom is 0.0533 e. The number of aromatic nitrogens is 1. The van der Waals surface area contributed by atoms with Crippen LogP contribution in [0.15, 0.2) is 30.5 Å². The molecular weight excluding hydrogens is 210 g/mol. The van der Waals surface area contributed by atoms with E-state index in [0.29, 0.717) is 5.92 Å². The monoisotopic (exact) mass is 229 g/mol. The van der Waals surface area contributed by atoms with Crippen molar-refractivity contribution >= 4 is 10.9 Å². The number of fused-ring (bicyclic) bond motifs is 1. The van der Waals surface area contributed by atoms with E-state index in [1.165, 1.54) is 29.3 Å². The van der Waals surface area contributed by atoms with Gasteiger partial charge in [0, 0.05) is 24.2 Å². The van der Waals surface area contributed by atoms with E-state index in [0.717, 1.165) is 19.8 Å². The van der Waals surface area contributed by atoms with Crippen LogP contribution in [0.5, 0.6) is 0 Å². The summed E-state index contributed by atoms with van der Waals surface area (Å²) in [5.41, 5.74) is 2.83. The van der Waals surface area contributed by atoms with Gasteiger partial charge in [0.1, 0.15) is 0 Å². The van der Waals surface area contributed by atoms with Crippen LogP contribution in [0.3, 0.4) is 0 Å². The Balaban J connectivity index is 1.91. The molecule has 2 aromatic rings. The molecule has 0 aliphatic carbocycles. The zero-order chi connectivity index (χ0) is 11.7. The average molecular weight is 229 g/mol. The summed E-state index contributed by atoms with van der Waals surface area (Å²) in [6, 6.07) is 9.06. The summed E-state index contributed by atoms with van der Waals surface area (Å²) in [5, 5.41) is 1.35. The SMILES string of the molecule is CCCc1ccc2ccn(CC3COC3)c2c1. The first-order valence-corrected chi connectivity index (χ1v) is 6.52. The van der Waals surface area contributed by atoms with E-state index in [2.05, 4.69) is 42.0 Å². The molecule has 1 aliphatic heterocycles. The summed E-state index contributed by atoms with van der Waals surface area (Å²) >= 11 is 0. The predicted molar refractivity (Wildman–Crippen MR) is 70.2 cm³/mol. The second-order valence-electron chi connectivity index (χ2n) is 5.01. The second kappa shape index (κ2) is 4.53. The fourth-order valence-corrected chi connectivity index (χ4v) is 2.50. The molecule has 1 aromatic heterocycles. The Bertz CT molecular complexity index is 511. The average Bonchev–Trinajstić information content (AvgIpc) is 2.67. The minimum atomic E-state index is 0.709. The maximum atomic E-state index is 5.24. The molecule has 0 N–H and O–H groups in total. The van der Waals surface area contributed by atoms with E-state index in [9.17, 15) is 0 Å². The standard InChI is InChI=1S/C15H19NO/c1-2-3-12-4-5-14-6-7-16(15(14)8-12)9-13-10-17-11-13/h4-8,13H,2-3,9-11H2,1H3. The largest absolute Gasteiger partial charge is 0.381 e. The van der Waals surface area contributed by atoms with E-state index >= 15 is 0 Å². The maximum absolute atomic E-state index is 5.24. The summed E-state index contributed by atoms with van der Waals surface area (Å²) < 4.78 is 7.62. The third-order valence-electron chi connectivity index (χ3n) is 3.54. The van der Waals surface area contributed by atoms with Crippen LogP contribution in [0.1, 0.15) is 18.9 Å². The molecule has 0 atom stereocenters. The van der Waals surface area contributed by atoms with E-state index < -0.39 is 0 Å². The topological polar surface area (TPSA) is 14.2 Å². The Kier molecular flexibility index (Phi) is 2.89. The first-order chi connectivity index (χ1) is 8.36. The molecule has 0 unspecified atom stereocenters. The van der Waals surface area contributed by atoms with Crippen molar-refractivity contribution in [1.82, 2.24) is 4.57 Å². The van der Waals surface area contributed by atoms with Gasteiger partial charge in [-0.1, -0.05) is 25.5 Å². The highest BCUT2D eigenvalue weighted by Gasteiger charge is 2.19. The normalized spacial score (nSPS) is 16.3. The zero-order valence-corrected chi connectivity index (χ0v) is 10.4. The Morgan fingerprint density at radius 2 is 2.18 bits per heavy atom. The quantitative estimate of drug-likeness (QED) is 0.785. The lowest BCUT2D eigenvalue weighted by Gasteiger charge is -2.26. The minimum absolute atomic E-state index is 0.709. The van der Waals surface area contributed by atoms with Crippen LogP contribution >= 0.6 is 0 Å². The van der Waals surface area contributed by atoms with Crippen molar-refractivity contribution in [2.45, 2.75) is 26.3 Å². The van der Waals surface area contributed by atoms with Crippen LogP contribution in [-0.4, -0.2) is 17.8 Å². The lowest BCUT2D eigenvalue weighted by Crippen LogP contribution is -2.31. The van der Waals surface area contributed by atoms with E-state index in [1.807, 2.05) is 0 Å². The third-order valence-corrected chi connectivity index (χ3v) is 3.54. The number of aryl methyl sites for hydroxylation is 1. The number of benzene rings is 1. The van der Waals surface area contributed by atoms with Crippen molar-refractivity contribution in [3.05, 3.63) is 36.0 Å². The number of rotatable bonds is 4. The van der Waals surface area contributed by atoms with Crippen LogP contribution in [-0.2, 0) is 17.7 Å². The van der Waals surface area contributed by atoms with Gasteiger partial charge in [0.25, 0.3) is 0 Å². The minimum Gasteiger partial charge on any atom is -0.381 e. The molecular formula is C15H19NO. The number of ether oxygens (including phenoxy) is 1. The summed E-state index contributed by atoms with van der Waals surface area (Å²) in [4.78, 5) is 0. The van der Waals surface area contributed by atoms with Crippen molar-refractivity contribution in [2.24, 2.45) is 5.92 Å². The van der Waals surface area contributed by atoms with Gasteiger partial charge in [0.2, 0.25) is 0 Å². The van der Waals surface area contributed by atoms with Crippen molar-refractivity contribution in [3.8, 4) is 0 Å². The third kappa shape index (κ3) is 2.09. The smallest absolute Gasteiger partial charge is 0.0533 e. The molecule has 2 heteroatoms. The molecule has 1 saturated heterocycles. The molecule has 2 nitrogen and oxygen atoms in total. The molecule has 0 saturated carbocycles. The highest BCUT2D eigenvalue weighted by Crippen LogP contribution is 2.21. The number of hydrogen-bond acceptors (Lipinski definition) is 1. The fraction of sp³-hybridized carbons (Fsp3) is 0.467. The molecule has 90 valence electrons. The Labute approximate surface area is 102 Å². The molecule has 17 heavy (non-hydrogen) atoms. The Morgan fingerprint density at radius 1 is 1.29 bits per heavy atom. The summed E-state index contributed by atoms with van der Waals surface area (Å²) in [6.45, 7) is 5.18. The molecule has 1 aromatic carbocycles. The fourth-order valence-electron chi connectivity index (χ4n) is 2.50. The van der Waals surface area contributed by atoms with Crippen LogP contribution in [0.4, 0.5) is 0 Å². The molecule has 3 rings (SSSR count). The van der Waals surface area contributed by atoms with Gasteiger partial charge >= 0.3 is 0 Å². The van der Waals surface area contributed by atoms with Crippen molar-refractivity contribution < 1.29 is 4.74 Å². The molecule has 0 amide bonds. The number of nitrogens with zero attached hydrogens (tertiary/aromatic N) is 1.